The predicted octanol–water partition coefficient (Wildman–Crippen LogP) is 3.88. The first kappa shape index (κ1) is 25.4. The number of hydrogen-bond acceptors (Lipinski definition) is 5. The van der Waals surface area contributed by atoms with E-state index >= 15 is 0 Å². The zero-order chi connectivity index (χ0) is 26.5. The Morgan fingerprint density at radius 1 is 1.05 bits per heavy atom. The number of hydrogen-bond donors (Lipinski definition) is 1. The third kappa shape index (κ3) is 4.99. The van der Waals surface area contributed by atoms with Crippen LogP contribution >= 0.6 is 0 Å². The summed E-state index contributed by atoms with van der Waals surface area (Å²) in [7, 11) is 0. The Balaban J connectivity index is 1.27. The van der Waals surface area contributed by atoms with Gasteiger partial charge in [-0.2, -0.15) is 13.2 Å². The molecule has 3 aliphatic rings. The molecular weight excluding hydrogens is 485 g/mol. The van der Waals surface area contributed by atoms with Crippen molar-refractivity contribution in [3.05, 3.63) is 64.5 Å². The SMILES string of the molecule is CC1(C)CN(Cc2ccc(C(F)(F)F)cc2)CCC1c1ccc2c(n1)CN(C1CCC(=O)NC1=O)C2=O. The Bertz CT molecular complexity index is 1240. The highest BCUT2D eigenvalue weighted by atomic mass is 19.4. The van der Waals surface area contributed by atoms with E-state index in [4.69, 9.17) is 4.98 Å². The molecule has 2 saturated heterocycles. The number of pyridine rings is 1. The van der Waals surface area contributed by atoms with Crippen LogP contribution in [0.5, 0.6) is 0 Å². The van der Waals surface area contributed by atoms with E-state index in [-0.39, 0.29) is 36.1 Å². The van der Waals surface area contributed by atoms with E-state index in [2.05, 4.69) is 24.1 Å². The first-order valence-electron chi connectivity index (χ1n) is 12.5. The minimum absolute atomic E-state index is 0.140. The minimum atomic E-state index is -4.34. The third-order valence-corrected chi connectivity index (χ3v) is 7.75. The normalized spacial score (nSPS) is 24.2. The maximum atomic E-state index is 13.0. The van der Waals surface area contributed by atoms with Gasteiger partial charge in [-0.05, 0) is 54.6 Å². The zero-order valence-corrected chi connectivity index (χ0v) is 20.8. The van der Waals surface area contributed by atoms with Gasteiger partial charge in [-0.1, -0.05) is 26.0 Å². The number of aromatic nitrogens is 1. The van der Waals surface area contributed by atoms with Gasteiger partial charge in [0.05, 0.1) is 23.4 Å². The number of nitrogens with one attached hydrogen (secondary N) is 1. The molecule has 1 aromatic carbocycles. The molecule has 7 nitrogen and oxygen atoms in total. The Labute approximate surface area is 213 Å². The maximum absolute atomic E-state index is 13.0. The molecule has 0 spiro atoms. The number of rotatable bonds is 4. The molecule has 2 fully saturated rings. The first-order valence-corrected chi connectivity index (χ1v) is 12.5. The van der Waals surface area contributed by atoms with E-state index in [0.717, 1.165) is 42.9 Å². The monoisotopic (exact) mass is 514 g/mol. The summed E-state index contributed by atoms with van der Waals surface area (Å²) in [6.45, 7) is 6.65. The number of benzene rings is 1. The summed E-state index contributed by atoms with van der Waals surface area (Å²) < 4.78 is 38.6. The number of alkyl halides is 3. The summed E-state index contributed by atoms with van der Waals surface area (Å²) in [5.41, 5.74) is 2.08. The van der Waals surface area contributed by atoms with Crippen molar-refractivity contribution in [1.29, 1.82) is 0 Å². The van der Waals surface area contributed by atoms with Crippen LogP contribution in [0, 0.1) is 5.41 Å². The fraction of sp³-hybridized carbons (Fsp3) is 0.481. The summed E-state index contributed by atoms with van der Waals surface area (Å²) in [5, 5.41) is 2.31. The standard InChI is InChI=1S/C27H29F3N4O3/c1-26(2)15-33(13-16-3-5-17(6-4-16)27(28,29)30)12-11-19(26)20-8-7-18-21(31-20)14-34(25(18)37)22-9-10-23(35)32-24(22)36/h3-8,19,22H,9-15H2,1-2H3,(H,32,35,36). The highest BCUT2D eigenvalue weighted by Gasteiger charge is 2.42. The number of carbonyl (C=O) groups excluding carboxylic acids is 3. The zero-order valence-electron chi connectivity index (χ0n) is 20.8. The van der Waals surface area contributed by atoms with Gasteiger partial charge in [0.1, 0.15) is 6.04 Å². The van der Waals surface area contributed by atoms with Gasteiger partial charge in [0, 0.05) is 31.1 Å². The molecule has 0 radical (unpaired) electrons. The van der Waals surface area contributed by atoms with Crippen LogP contribution in [0.4, 0.5) is 13.2 Å². The van der Waals surface area contributed by atoms with E-state index in [0.29, 0.717) is 24.2 Å². The van der Waals surface area contributed by atoms with E-state index < -0.39 is 23.7 Å². The summed E-state index contributed by atoms with van der Waals surface area (Å²) in [4.78, 5) is 45.4. The van der Waals surface area contributed by atoms with E-state index in [1.165, 1.54) is 17.0 Å². The van der Waals surface area contributed by atoms with Crippen LogP contribution in [0.25, 0.3) is 0 Å². The average molecular weight is 515 g/mol. The van der Waals surface area contributed by atoms with Crippen molar-refractivity contribution in [2.75, 3.05) is 13.1 Å². The van der Waals surface area contributed by atoms with Gasteiger partial charge in [0.15, 0.2) is 0 Å². The van der Waals surface area contributed by atoms with Crippen molar-refractivity contribution in [1.82, 2.24) is 20.1 Å². The molecular formula is C27H29F3N4O3. The second-order valence-corrected chi connectivity index (χ2v) is 10.9. The van der Waals surface area contributed by atoms with Gasteiger partial charge in [-0.3, -0.25) is 29.6 Å². The Kier molecular flexibility index (Phi) is 6.34. The molecule has 196 valence electrons. The molecule has 4 heterocycles. The number of halogens is 3. The first-order chi connectivity index (χ1) is 17.4. The Morgan fingerprint density at radius 3 is 2.43 bits per heavy atom. The largest absolute Gasteiger partial charge is 0.416 e. The van der Waals surface area contributed by atoms with Crippen LogP contribution in [-0.4, -0.2) is 51.6 Å². The van der Waals surface area contributed by atoms with E-state index in [9.17, 15) is 27.6 Å². The second-order valence-electron chi connectivity index (χ2n) is 10.9. The Morgan fingerprint density at radius 2 is 1.78 bits per heavy atom. The van der Waals surface area contributed by atoms with Crippen molar-refractivity contribution < 1.29 is 27.6 Å². The molecule has 2 atom stereocenters. The van der Waals surface area contributed by atoms with Crippen molar-refractivity contribution in [2.45, 2.75) is 64.3 Å². The maximum Gasteiger partial charge on any atom is 0.416 e. The fourth-order valence-electron chi connectivity index (χ4n) is 5.86. The summed E-state index contributed by atoms with van der Waals surface area (Å²) in [6, 6.07) is 8.33. The average Bonchev–Trinajstić information content (AvgIpc) is 3.14. The summed E-state index contributed by atoms with van der Waals surface area (Å²) >= 11 is 0. The summed E-state index contributed by atoms with van der Waals surface area (Å²) in [6.07, 6.45) is -3.01. The third-order valence-electron chi connectivity index (χ3n) is 7.75. The molecule has 10 heteroatoms. The van der Waals surface area contributed by atoms with Crippen LogP contribution in [0.3, 0.4) is 0 Å². The molecule has 3 amide bonds. The van der Waals surface area contributed by atoms with E-state index in [1.807, 2.05) is 6.07 Å². The van der Waals surface area contributed by atoms with Gasteiger partial charge in [0.25, 0.3) is 5.91 Å². The number of amides is 3. The quantitative estimate of drug-likeness (QED) is 0.627. The molecule has 1 aromatic heterocycles. The number of nitrogens with zero attached hydrogens (tertiary/aromatic N) is 3. The van der Waals surface area contributed by atoms with Crippen molar-refractivity contribution in [3.8, 4) is 0 Å². The number of fused-ring (bicyclic) bond motifs is 1. The number of carbonyl (C=O) groups is 3. The van der Waals surface area contributed by atoms with Gasteiger partial charge >= 0.3 is 6.18 Å². The summed E-state index contributed by atoms with van der Waals surface area (Å²) in [5.74, 6) is -0.868. The lowest BCUT2D eigenvalue weighted by molar-refractivity contribution is -0.138. The topological polar surface area (TPSA) is 82.6 Å². The molecule has 3 aliphatic heterocycles. The van der Waals surface area contributed by atoms with Gasteiger partial charge in [-0.15, -0.1) is 0 Å². The fourth-order valence-corrected chi connectivity index (χ4v) is 5.86. The lowest BCUT2D eigenvalue weighted by atomic mass is 9.72. The molecule has 0 saturated carbocycles. The van der Waals surface area contributed by atoms with Crippen LogP contribution in [0.1, 0.15) is 71.9 Å². The molecule has 1 N–H and O–H groups in total. The van der Waals surface area contributed by atoms with Crippen molar-refractivity contribution in [3.63, 3.8) is 0 Å². The molecule has 0 bridgehead atoms. The second kappa shape index (κ2) is 9.24. The molecule has 2 unspecified atom stereocenters. The van der Waals surface area contributed by atoms with Crippen LogP contribution in [0.15, 0.2) is 36.4 Å². The van der Waals surface area contributed by atoms with Crippen LogP contribution in [0.2, 0.25) is 0 Å². The lowest BCUT2D eigenvalue weighted by Crippen LogP contribution is -2.52. The molecule has 2 aromatic rings. The number of piperidine rings is 2. The van der Waals surface area contributed by atoms with Crippen LogP contribution in [-0.2, 0) is 28.9 Å². The van der Waals surface area contributed by atoms with Crippen molar-refractivity contribution in [2.24, 2.45) is 5.41 Å². The van der Waals surface area contributed by atoms with Crippen LogP contribution < -0.4 is 5.32 Å². The smallest absolute Gasteiger partial charge is 0.321 e. The van der Waals surface area contributed by atoms with Gasteiger partial charge in [0.2, 0.25) is 11.8 Å². The highest BCUT2D eigenvalue weighted by Crippen LogP contribution is 2.42. The molecule has 37 heavy (non-hydrogen) atoms. The Hall–Kier alpha value is -3.27. The molecule has 5 rings (SSSR count). The van der Waals surface area contributed by atoms with Crippen molar-refractivity contribution >= 4 is 17.7 Å². The van der Waals surface area contributed by atoms with Gasteiger partial charge < -0.3 is 4.90 Å². The lowest BCUT2D eigenvalue weighted by Gasteiger charge is -2.44. The van der Waals surface area contributed by atoms with E-state index in [1.54, 1.807) is 6.07 Å². The minimum Gasteiger partial charge on any atom is -0.321 e. The highest BCUT2D eigenvalue weighted by molar-refractivity contribution is 6.05. The molecule has 0 aliphatic carbocycles. The predicted molar refractivity (Wildman–Crippen MR) is 128 cm³/mol. The van der Waals surface area contributed by atoms with Gasteiger partial charge in [-0.25, -0.2) is 0 Å². The number of likely N-dealkylation sites (tertiary alicyclic amines) is 1. The number of imide groups is 1.